The Morgan fingerprint density at radius 2 is 1.66 bits per heavy atom. The highest BCUT2D eigenvalue weighted by Gasteiger charge is 2.23. The molecule has 1 unspecified atom stereocenters. The molecule has 162 valence electrons. The molecule has 1 atom stereocenters. The van der Waals surface area contributed by atoms with Crippen LogP contribution in [-0.4, -0.2) is 46.3 Å². The summed E-state index contributed by atoms with van der Waals surface area (Å²) in [5.41, 5.74) is 3.95. The number of aromatic nitrogens is 4. The molecule has 32 heavy (non-hydrogen) atoms. The summed E-state index contributed by atoms with van der Waals surface area (Å²) in [6, 6.07) is 10.5. The first-order chi connectivity index (χ1) is 15.7. The maximum Gasteiger partial charge on any atom is 0.225 e. The van der Waals surface area contributed by atoms with E-state index in [1.807, 2.05) is 18.2 Å². The molecule has 0 N–H and O–H groups in total. The van der Waals surface area contributed by atoms with Gasteiger partial charge in [0.15, 0.2) is 5.82 Å². The Labute approximate surface area is 187 Å². The summed E-state index contributed by atoms with van der Waals surface area (Å²) >= 11 is 0. The average molecular weight is 429 g/mol. The fourth-order valence-corrected chi connectivity index (χ4v) is 4.23. The first-order valence-corrected chi connectivity index (χ1v) is 11.0. The molecular formula is C25H25FN6. The van der Waals surface area contributed by atoms with Crippen molar-refractivity contribution in [1.29, 1.82) is 0 Å². The molecule has 6 nitrogen and oxygen atoms in total. The van der Waals surface area contributed by atoms with E-state index in [-0.39, 0.29) is 5.82 Å². The minimum Gasteiger partial charge on any atom is -0.352 e. The van der Waals surface area contributed by atoms with Crippen LogP contribution in [0.2, 0.25) is 0 Å². The molecule has 0 spiro atoms. The van der Waals surface area contributed by atoms with E-state index in [1.54, 1.807) is 12.4 Å². The first kappa shape index (κ1) is 20.3. The van der Waals surface area contributed by atoms with Gasteiger partial charge in [-0.1, -0.05) is 37.3 Å². The van der Waals surface area contributed by atoms with Gasteiger partial charge in [0.1, 0.15) is 5.82 Å². The van der Waals surface area contributed by atoms with Gasteiger partial charge in [0.25, 0.3) is 0 Å². The minimum atomic E-state index is -0.245. The van der Waals surface area contributed by atoms with Crippen LogP contribution in [0, 0.1) is 11.7 Å². The van der Waals surface area contributed by atoms with Gasteiger partial charge in [-0.2, -0.15) is 0 Å². The van der Waals surface area contributed by atoms with Gasteiger partial charge >= 0.3 is 0 Å². The second-order valence-electron chi connectivity index (χ2n) is 8.25. The average Bonchev–Trinajstić information content (AvgIpc) is 2.85. The Bertz CT molecular complexity index is 1130. The third-order valence-electron chi connectivity index (χ3n) is 5.96. The number of benzene rings is 1. The highest BCUT2D eigenvalue weighted by atomic mass is 19.1. The number of hydrogen-bond acceptors (Lipinski definition) is 6. The van der Waals surface area contributed by atoms with Crippen molar-refractivity contribution in [2.45, 2.75) is 13.3 Å². The highest BCUT2D eigenvalue weighted by Crippen LogP contribution is 2.34. The maximum atomic E-state index is 13.6. The third kappa shape index (κ3) is 4.23. The number of allylic oxidation sites excluding steroid dienone is 4. The molecule has 3 heterocycles. The van der Waals surface area contributed by atoms with Crippen LogP contribution < -0.4 is 9.80 Å². The normalized spacial score (nSPS) is 18.6. The molecule has 0 amide bonds. The lowest BCUT2D eigenvalue weighted by Crippen LogP contribution is -2.47. The van der Waals surface area contributed by atoms with E-state index in [1.165, 1.54) is 12.1 Å². The fraction of sp³-hybridized carbons (Fsp3) is 0.280. The van der Waals surface area contributed by atoms with Crippen LogP contribution in [0.4, 0.5) is 16.2 Å². The Morgan fingerprint density at radius 1 is 0.938 bits per heavy atom. The van der Waals surface area contributed by atoms with Crippen molar-refractivity contribution in [1.82, 2.24) is 20.2 Å². The predicted molar refractivity (Wildman–Crippen MR) is 125 cm³/mol. The molecule has 1 aliphatic carbocycles. The van der Waals surface area contributed by atoms with Crippen molar-refractivity contribution < 1.29 is 4.39 Å². The number of piperazine rings is 1. The largest absolute Gasteiger partial charge is 0.352 e. The van der Waals surface area contributed by atoms with Gasteiger partial charge in [-0.15, -0.1) is 10.2 Å². The minimum absolute atomic E-state index is 0.245. The second-order valence-corrected chi connectivity index (χ2v) is 8.25. The van der Waals surface area contributed by atoms with Gasteiger partial charge in [-0.3, -0.25) is 0 Å². The summed E-state index contributed by atoms with van der Waals surface area (Å²) in [6.45, 7) is 5.42. The Kier molecular flexibility index (Phi) is 5.62. The van der Waals surface area contributed by atoms with Gasteiger partial charge in [-0.25, -0.2) is 14.4 Å². The van der Waals surface area contributed by atoms with Gasteiger partial charge in [0.05, 0.1) is 5.69 Å². The molecule has 0 saturated carbocycles. The number of anilines is 2. The SMILES string of the molecule is CC1C=CC=C(c2nnc(N3CCN(c4ncccn4)CC3)cc2-c2ccc(F)cc2)C1. The van der Waals surface area contributed by atoms with Crippen LogP contribution in [0.15, 0.2) is 67.0 Å². The molecule has 1 fully saturated rings. The summed E-state index contributed by atoms with van der Waals surface area (Å²) in [5, 5.41) is 9.25. The van der Waals surface area contributed by atoms with Crippen molar-refractivity contribution >= 4 is 17.3 Å². The van der Waals surface area contributed by atoms with Crippen molar-refractivity contribution in [3.63, 3.8) is 0 Å². The van der Waals surface area contributed by atoms with Gasteiger partial charge < -0.3 is 9.80 Å². The van der Waals surface area contributed by atoms with E-state index in [4.69, 9.17) is 0 Å². The molecule has 0 bridgehead atoms. The van der Waals surface area contributed by atoms with Crippen molar-refractivity contribution in [3.8, 4) is 11.1 Å². The summed E-state index contributed by atoms with van der Waals surface area (Å²) in [6.07, 6.45) is 10.8. The molecular weight excluding hydrogens is 403 g/mol. The van der Waals surface area contributed by atoms with Gasteiger partial charge in [0.2, 0.25) is 5.95 Å². The lowest BCUT2D eigenvalue weighted by atomic mass is 9.90. The van der Waals surface area contributed by atoms with E-state index >= 15 is 0 Å². The smallest absolute Gasteiger partial charge is 0.225 e. The fourth-order valence-electron chi connectivity index (χ4n) is 4.23. The molecule has 7 heteroatoms. The van der Waals surface area contributed by atoms with Crippen LogP contribution in [0.1, 0.15) is 19.0 Å². The predicted octanol–water partition coefficient (Wildman–Crippen LogP) is 4.38. The molecule has 2 aromatic heterocycles. The van der Waals surface area contributed by atoms with E-state index < -0.39 is 0 Å². The maximum absolute atomic E-state index is 13.6. The molecule has 1 aliphatic heterocycles. The molecule has 2 aliphatic rings. The van der Waals surface area contributed by atoms with E-state index in [2.05, 4.69) is 61.2 Å². The Morgan fingerprint density at radius 3 is 2.38 bits per heavy atom. The van der Waals surface area contributed by atoms with Crippen LogP contribution in [0.25, 0.3) is 16.7 Å². The van der Waals surface area contributed by atoms with Crippen molar-refractivity contribution in [2.75, 3.05) is 36.0 Å². The zero-order valence-electron chi connectivity index (χ0n) is 18.0. The van der Waals surface area contributed by atoms with Crippen LogP contribution >= 0.6 is 0 Å². The van der Waals surface area contributed by atoms with Crippen molar-refractivity contribution in [3.05, 3.63) is 78.5 Å². The van der Waals surface area contributed by atoms with Gasteiger partial charge in [0, 0.05) is 44.1 Å². The van der Waals surface area contributed by atoms with Crippen LogP contribution in [0.5, 0.6) is 0 Å². The van der Waals surface area contributed by atoms with E-state index in [0.717, 1.165) is 66.8 Å². The lowest BCUT2D eigenvalue weighted by Gasteiger charge is -2.35. The highest BCUT2D eigenvalue weighted by molar-refractivity contribution is 5.81. The summed E-state index contributed by atoms with van der Waals surface area (Å²) < 4.78 is 13.6. The molecule has 1 saturated heterocycles. The Hall–Kier alpha value is -3.61. The monoisotopic (exact) mass is 428 g/mol. The number of halogens is 1. The molecule has 0 radical (unpaired) electrons. The summed E-state index contributed by atoms with van der Waals surface area (Å²) in [5.74, 6) is 1.80. The third-order valence-corrected chi connectivity index (χ3v) is 5.96. The molecule has 1 aromatic carbocycles. The van der Waals surface area contributed by atoms with E-state index in [0.29, 0.717) is 5.92 Å². The topological polar surface area (TPSA) is 58.0 Å². The van der Waals surface area contributed by atoms with Crippen molar-refractivity contribution in [2.24, 2.45) is 5.92 Å². The lowest BCUT2D eigenvalue weighted by molar-refractivity contribution is 0.628. The van der Waals surface area contributed by atoms with E-state index in [9.17, 15) is 4.39 Å². The quantitative estimate of drug-likeness (QED) is 0.615. The number of hydrogen-bond donors (Lipinski definition) is 0. The number of nitrogens with zero attached hydrogens (tertiary/aromatic N) is 6. The Balaban J connectivity index is 1.44. The molecule has 3 aromatic rings. The van der Waals surface area contributed by atoms with Crippen LogP contribution in [-0.2, 0) is 0 Å². The molecule has 5 rings (SSSR count). The summed E-state index contributed by atoms with van der Waals surface area (Å²) in [4.78, 5) is 13.1. The number of rotatable bonds is 4. The zero-order chi connectivity index (χ0) is 21.9. The standard InChI is InChI=1S/C25H25FN6/c1-18-4-2-5-20(16-18)24-22(19-6-8-21(26)9-7-19)17-23(29-30-24)31-12-14-32(15-13-31)25-27-10-3-11-28-25/h2-11,17-18H,12-16H2,1H3. The van der Waals surface area contributed by atoms with Crippen LogP contribution in [0.3, 0.4) is 0 Å². The summed E-state index contributed by atoms with van der Waals surface area (Å²) in [7, 11) is 0. The van der Waals surface area contributed by atoms with Gasteiger partial charge in [-0.05, 0) is 47.7 Å². The zero-order valence-corrected chi connectivity index (χ0v) is 18.0. The second kappa shape index (κ2) is 8.86. The first-order valence-electron chi connectivity index (χ1n) is 11.0.